The number of alkyl halides is 1. The lowest BCUT2D eigenvalue weighted by Gasteiger charge is -1.95. The van der Waals surface area contributed by atoms with Crippen LogP contribution in [0.4, 0.5) is 0 Å². The zero-order valence-electron chi connectivity index (χ0n) is 8.85. The zero-order chi connectivity index (χ0) is 11.0. The van der Waals surface area contributed by atoms with Crippen LogP contribution in [0.5, 0.6) is 0 Å². The van der Waals surface area contributed by atoms with Crippen molar-refractivity contribution < 1.29 is 0 Å². The highest BCUT2D eigenvalue weighted by Gasteiger charge is 2.10. The van der Waals surface area contributed by atoms with E-state index < -0.39 is 0 Å². The lowest BCUT2D eigenvalue weighted by atomic mass is 10.3. The van der Waals surface area contributed by atoms with Gasteiger partial charge in [0.25, 0.3) is 0 Å². The summed E-state index contributed by atoms with van der Waals surface area (Å²) in [6.45, 7) is 3.80. The fourth-order valence-electron chi connectivity index (χ4n) is 1.39. The van der Waals surface area contributed by atoms with Crippen molar-refractivity contribution >= 4 is 11.6 Å². The molecular formula is C9H12ClN5. The molecule has 0 radical (unpaired) electrons. The van der Waals surface area contributed by atoms with Gasteiger partial charge in [0.15, 0.2) is 0 Å². The topological polar surface area (TPSA) is 48.5 Å². The summed E-state index contributed by atoms with van der Waals surface area (Å²) in [6, 6.07) is 0. The summed E-state index contributed by atoms with van der Waals surface area (Å²) in [7, 11) is 1.87. The first-order chi connectivity index (χ1) is 7.08. The van der Waals surface area contributed by atoms with Crippen molar-refractivity contribution in [1.29, 1.82) is 0 Å². The van der Waals surface area contributed by atoms with Gasteiger partial charge in [-0.15, -0.1) is 16.7 Å². The molecule has 0 aliphatic rings. The summed E-state index contributed by atoms with van der Waals surface area (Å²) in [4.78, 5) is 0. The Kier molecular flexibility index (Phi) is 2.48. The van der Waals surface area contributed by atoms with Crippen LogP contribution in [0.2, 0.25) is 0 Å². The molecule has 0 saturated heterocycles. The minimum atomic E-state index is -0.129. The van der Waals surface area contributed by atoms with Gasteiger partial charge in [-0.1, -0.05) is 5.21 Å². The Bertz CT molecular complexity index is 471. The van der Waals surface area contributed by atoms with Gasteiger partial charge in [0.1, 0.15) is 11.4 Å². The Labute approximate surface area is 92.7 Å². The van der Waals surface area contributed by atoms with Crippen molar-refractivity contribution in [2.75, 3.05) is 0 Å². The molecule has 2 rings (SSSR count). The molecule has 0 aromatic carbocycles. The highest BCUT2D eigenvalue weighted by atomic mass is 35.5. The molecule has 1 atom stereocenters. The van der Waals surface area contributed by atoms with Crippen molar-refractivity contribution in [3.8, 4) is 5.69 Å². The van der Waals surface area contributed by atoms with E-state index in [-0.39, 0.29) is 5.38 Å². The van der Waals surface area contributed by atoms with E-state index in [2.05, 4.69) is 15.4 Å². The molecule has 6 heteroatoms. The van der Waals surface area contributed by atoms with Crippen LogP contribution in [0.1, 0.15) is 23.7 Å². The number of hydrogen-bond donors (Lipinski definition) is 0. The van der Waals surface area contributed by atoms with Crippen molar-refractivity contribution in [3.63, 3.8) is 0 Å². The summed E-state index contributed by atoms with van der Waals surface area (Å²) in [6.07, 6.45) is 3.72. The summed E-state index contributed by atoms with van der Waals surface area (Å²) >= 11 is 5.91. The standard InChI is InChI=1S/C9H12ClN5/c1-6(10)8-4-15(13-11-8)9-5-14(3)12-7(9)2/h4-6H,1-3H3. The van der Waals surface area contributed by atoms with E-state index in [0.29, 0.717) is 0 Å². The molecule has 0 saturated carbocycles. The van der Waals surface area contributed by atoms with E-state index in [1.165, 1.54) is 0 Å². The third kappa shape index (κ3) is 1.87. The average molecular weight is 226 g/mol. The minimum Gasteiger partial charge on any atom is -0.273 e. The SMILES string of the molecule is Cc1nn(C)cc1-n1cc(C(C)Cl)nn1. The second-order valence-electron chi connectivity index (χ2n) is 3.48. The molecule has 0 N–H and O–H groups in total. The molecule has 5 nitrogen and oxygen atoms in total. The predicted molar refractivity (Wildman–Crippen MR) is 57.1 cm³/mol. The number of nitrogens with zero attached hydrogens (tertiary/aromatic N) is 5. The molecular weight excluding hydrogens is 214 g/mol. The minimum absolute atomic E-state index is 0.129. The number of rotatable bonds is 2. The van der Waals surface area contributed by atoms with Gasteiger partial charge in [0, 0.05) is 7.05 Å². The second kappa shape index (κ2) is 3.66. The first-order valence-electron chi connectivity index (χ1n) is 4.65. The predicted octanol–water partition coefficient (Wildman–Crippen LogP) is 1.61. The van der Waals surface area contributed by atoms with Crippen LogP contribution in [0, 0.1) is 6.92 Å². The molecule has 0 amide bonds. The third-order valence-corrected chi connectivity index (χ3v) is 2.38. The smallest absolute Gasteiger partial charge is 0.107 e. The quantitative estimate of drug-likeness (QED) is 0.730. The molecule has 0 spiro atoms. The zero-order valence-corrected chi connectivity index (χ0v) is 9.60. The first kappa shape index (κ1) is 10.2. The lowest BCUT2D eigenvalue weighted by molar-refractivity contribution is 0.755. The molecule has 2 heterocycles. The number of halogens is 1. The maximum atomic E-state index is 5.91. The van der Waals surface area contributed by atoms with E-state index in [4.69, 9.17) is 11.6 Å². The van der Waals surface area contributed by atoms with Gasteiger partial charge in [-0.2, -0.15) is 5.10 Å². The fourth-order valence-corrected chi connectivity index (χ4v) is 1.49. The second-order valence-corrected chi connectivity index (χ2v) is 4.13. The molecule has 1 unspecified atom stereocenters. The van der Waals surface area contributed by atoms with Crippen molar-refractivity contribution in [3.05, 3.63) is 23.8 Å². The summed E-state index contributed by atoms with van der Waals surface area (Å²) in [5.74, 6) is 0. The van der Waals surface area contributed by atoms with Crippen LogP contribution in [0.25, 0.3) is 5.69 Å². The van der Waals surface area contributed by atoms with Crippen molar-refractivity contribution in [2.24, 2.45) is 7.05 Å². The normalized spacial score (nSPS) is 13.1. The Hall–Kier alpha value is -1.36. The molecule has 0 aliphatic carbocycles. The van der Waals surface area contributed by atoms with E-state index in [0.717, 1.165) is 17.1 Å². The van der Waals surface area contributed by atoms with E-state index in [1.807, 2.05) is 33.3 Å². The van der Waals surface area contributed by atoms with E-state index in [9.17, 15) is 0 Å². The summed E-state index contributed by atoms with van der Waals surface area (Å²) in [5.41, 5.74) is 2.60. The van der Waals surface area contributed by atoms with Crippen LogP contribution in [-0.2, 0) is 7.05 Å². The maximum Gasteiger partial charge on any atom is 0.107 e. The van der Waals surface area contributed by atoms with Crippen LogP contribution >= 0.6 is 11.6 Å². The highest BCUT2D eigenvalue weighted by molar-refractivity contribution is 6.20. The van der Waals surface area contributed by atoms with E-state index in [1.54, 1.807) is 9.36 Å². The number of aryl methyl sites for hydroxylation is 2. The van der Waals surface area contributed by atoms with Gasteiger partial charge in [-0.25, -0.2) is 4.68 Å². The number of hydrogen-bond acceptors (Lipinski definition) is 3. The molecule has 0 bridgehead atoms. The molecule has 80 valence electrons. The van der Waals surface area contributed by atoms with Gasteiger partial charge in [0.2, 0.25) is 0 Å². The lowest BCUT2D eigenvalue weighted by Crippen LogP contribution is -1.95. The van der Waals surface area contributed by atoms with Gasteiger partial charge < -0.3 is 0 Å². The molecule has 15 heavy (non-hydrogen) atoms. The first-order valence-corrected chi connectivity index (χ1v) is 5.08. The van der Waals surface area contributed by atoms with E-state index >= 15 is 0 Å². The van der Waals surface area contributed by atoms with Crippen LogP contribution in [0.3, 0.4) is 0 Å². The van der Waals surface area contributed by atoms with Crippen LogP contribution in [0.15, 0.2) is 12.4 Å². The van der Waals surface area contributed by atoms with Crippen molar-refractivity contribution in [1.82, 2.24) is 24.8 Å². The Morgan fingerprint density at radius 1 is 1.40 bits per heavy atom. The summed E-state index contributed by atoms with van der Waals surface area (Å²) in [5, 5.41) is 12.1. The molecule has 0 aliphatic heterocycles. The third-order valence-electron chi connectivity index (χ3n) is 2.15. The molecule has 2 aromatic rings. The van der Waals surface area contributed by atoms with Gasteiger partial charge >= 0.3 is 0 Å². The van der Waals surface area contributed by atoms with Crippen LogP contribution < -0.4 is 0 Å². The Morgan fingerprint density at radius 2 is 2.13 bits per heavy atom. The maximum absolute atomic E-state index is 5.91. The summed E-state index contributed by atoms with van der Waals surface area (Å²) < 4.78 is 3.44. The molecule has 0 fully saturated rings. The van der Waals surface area contributed by atoms with Gasteiger partial charge in [-0.3, -0.25) is 4.68 Å². The van der Waals surface area contributed by atoms with Gasteiger partial charge in [0.05, 0.1) is 23.5 Å². The fraction of sp³-hybridized carbons (Fsp3) is 0.444. The number of aromatic nitrogens is 5. The van der Waals surface area contributed by atoms with Crippen LogP contribution in [-0.4, -0.2) is 24.8 Å². The molecule has 2 aromatic heterocycles. The van der Waals surface area contributed by atoms with Crippen molar-refractivity contribution in [2.45, 2.75) is 19.2 Å². The highest BCUT2D eigenvalue weighted by Crippen LogP contribution is 2.18. The Balaban J connectivity index is 2.41. The van der Waals surface area contributed by atoms with Gasteiger partial charge in [-0.05, 0) is 13.8 Å². The average Bonchev–Trinajstić information content (AvgIpc) is 2.71. The largest absolute Gasteiger partial charge is 0.273 e. The Morgan fingerprint density at radius 3 is 2.60 bits per heavy atom. The monoisotopic (exact) mass is 225 g/mol.